The zero-order valence-corrected chi connectivity index (χ0v) is 14.1. The minimum Gasteiger partial charge on any atom is -0.468 e. The number of benzene rings is 2. The van der Waals surface area contributed by atoms with Crippen LogP contribution in [0.15, 0.2) is 36.4 Å². The average molecular weight is 354 g/mol. The van der Waals surface area contributed by atoms with Gasteiger partial charge in [0.25, 0.3) is 0 Å². The molecule has 2 aromatic carbocycles. The molecular formula is C16H16ClNO4S. The van der Waals surface area contributed by atoms with E-state index in [1.165, 1.54) is 7.11 Å². The number of carbonyl (C=O) groups is 1. The van der Waals surface area contributed by atoms with Crippen molar-refractivity contribution in [2.45, 2.75) is 12.8 Å². The molecule has 0 atom stereocenters. The summed E-state index contributed by atoms with van der Waals surface area (Å²) in [4.78, 5) is 11.2. The van der Waals surface area contributed by atoms with Gasteiger partial charge in [-0.1, -0.05) is 35.9 Å². The van der Waals surface area contributed by atoms with Gasteiger partial charge >= 0.3 is 5.97 Å². The molecule has 7 heteroatoms. The molecule has 5 nitrogen and oxygen atoms in total. The van der Waals surface area contributed by atoms with E-state index in [2.05, 4.69) is 10.1 Å². The summed E-state index contributed by atoms with van der Waals surface area (Å²) in [6.07, 6.45) is 0.822. The van der Waals surface area contributed by atoms with E-state index in [0.717, 1.165) is 16.3 Å². The number of esters is 1. The van der Waals surface area contributed by atoms with E-state index in [9.17, 15) is 13.2 Å². The molecule has 0 fully saturated rings. The van der Waals surface area contributed by atoms with Crippen molar-refractivity contribution in [3.05, 3.63) is 47.0 Å². The Kier molecular flexibility index (Phi) is 6.15. The van der Waals surface area contributed by atoms with Crippen molar-refractivity contribution in [1.82, 2.24) is 5.32 Å². The Morgan fingerprint density at radius 2 is 1.87 bits per heavy atom. The van der Waals surface area contributed by atoms with Crippen LogP contribution in [0, 0.1) is 0 Å². The number of nitrogens with one attached hydrogen (secondary N) is 1. The van der Waals surface area contributed by atoms with Crippen molar-refractivity contribution < 1.29 is 17.9 Å². The highest BCUT2D eigenvalue weighted by atomic mass is 35.5. The molecule has 0 radical (unpaired) electrons. The Hall–Kier alpha value is -1.89. The highest BCUT2D eigenvalue weighted by molar-refractivity contribution is 7.72. The standard InChI is InChI=1S/C16H16ClNO4S/c1-22-16(19)10-18-15(23(20)21)7-3-11-2-4-13-9-14(17)6-5-12(13)8-11/h2,4-6,8-9,18H,3,7,10H2,1H3. The van der Waals surface area contributed by atoms with Gasteiger partial charge in [-0.05, 0) is 34.9 Å². The largest absolute Gasteiger partial charge is 0.468 e. The molecule has 2 rings (SSSR count). The highest BCUT2D eigenvalue weighted by Gasteiger charge is 2.07. The van der Waals surface area contributed by atoms with E-state index >= 15 is 0 Å². The second kappa shape index (κ2) is 8.10. The average Bonchev–Trinajstić information content (AvgIpc) is 2.54. The van der Waals surface area contributed by atoms with Crippen molar-refractivity contribution in [2.24, 2.45) is 0 Å². The lowest BCUT2D eigenvalue weighted by atomic mass is 10.0. The zero-order chi connectivity index (χ0) is 16.8. The van der Waals surface area contributed by atoms with Crippen LogP contribution in [0.25, 0.3) is 10.8 Å². The molecule has 0 aliphatic carbocycles. The number of methoxy groups -OCH3 is 1. The SMILES string of the molecule is COC(=O)CNC(CCc1ccc2cc(Cl)ccc2c1)=S(=O)=O. The first-order valence-corrected chi connectivity index (χ1v) is 8.39. The van der Waals surface area contributed by atoms with Crippen molar-refractivity contribution >= 4 is 43.6 Å². The number of aryl methyl sites for hydroxylation is 1. The summed E-state index contributed by atoms with van der Waals surface area (Å²) in [6, 6.07) is 11.5. The van der Waals surface area contributed by atoms with Crippen LogP contribution >= 0.6 is 11.6 Å². The lowest BCUT2D eigenvalue weighted by molar-refractivity contribution is -0.139. The molecule has 2 aromatic rings. The number of rotatable bonds is 5. The number of carbonyl (C=O) groups excluding carboxylic acids is 1. The van der Waals surface area contributed by atoms with Crippen molar-refractivity contribution in [3.8, 4) is 0 Å². The van der Waals surface area contributed by atoms with Gasteiger partial charge in [0.2, 0.25) is 10.3 Å². The topological polar surface area (TPSA) is 72.5 Å². The number of fused-ring (bicyclic) bond motifs is 1. The van der Waals surface area contributed by atoms with Crippen molar-refractivity contribution in [2.75, 3.05) is 13.7 Å². The summed E-state index contributed by atoms with van der Waals surface area (Å²) in [5.74, 6) is -0.518. The van der Waals surface area contributed by atoms with Gasteiger partial charge in [0.15, 0.2) is 0 Å². The fourth-order valence-electron chi connectivity index (χ4n) is 2.15. The third kappa shape index (κ3) is 5.06. The van der Waals surface area contributed by atoms with Gasteiger partial charge in [-0.3, -0.25) is 10.1 Å². The maximum atomic E-state index is 11.2. The van der Waals surface area contributed by atoms with Crippen LogP contribution in [0.4, 0.5) is 0 Å². The van der Waals surface area contributed by atoms with Crippen LogP contribution in [0.2, 0.25) is 5.02 Å². The first kappa shape index (κ1) is 17.5. The first-order chi connectivity index (χ1) is 11.0. The summed E-state index contributed by atoms with van der Waals surface area (Å²) >= 11 is 5.95. The van der Waals surface area contributed by atoms with Crippen LogP contribution in [0.1, 0.15) is 12.0 Å². The number of ether oxygens (including phenoxy) is 1. The van der Waals surface area contributed by atoms with E-state index in [1.807, 2.05) is 36.4 Å². The Labute approximate surface area is 140 Å². The third-order valence-electron chi connectivity index (χ3n) is 3.37. The maximum absolute atomic E-state index is 11.2. The van der Waals surface area contributed by atoms with E-state index in [4.69, 9.17) is 11.6 Å². The second-order valence-electron chi connectivity index (χ2n) is 4.91. The van der Waals surface area contributed by atoms with E-state index in [-0.39, 0.29) is 18.0 Å². The van der Waals surface area contributed by atoms with E-state index in [1.54, 1.807) is 0 Å². The van der Waals surface area contributed by atoms with Crippen molar-refractivity contribution in [3.63, 3.8) is 0 Å². The molecule has 0 amide bonds. The van der Waals surface area contributed by atoms with Gasteiger partial charge < -0.3 is 4.74 Å². The highest BCUT2D eigenvalue weighted by Crippen LogP contribution is 2.21. The summed E-state index contributed by atoms with van der Waals surface area (Å²) in [7, 11) is -1.15. The lowest BCUT2D eigenvalue weighted by Crippen LogP contribution is -2.31. The molecule has 0 spiro atoms. The predicted octanol–water partition coefficient (Wildman–Crippen LogP) is 2.20. The second-order valence-corrected chi connectivity index (χ2v) is 6.31. The summed E-state index contributed by atoms with van der Waals surface area (Å²) in [5, 5.41) is 5.34. The van der Waals surface area contributed by atoms with E-state index in [0.29, 0.717) is 11.4 Å². The molecular weight excluding hydrogens is 338 g/mol. The quantitative estimate of drug-likeness (QED) is 0.659. The molecule has 0 saturated heterocycles. The minimum absolute atomic E-state index is 0.0894. The normalized spacial score (nSPS) is 10.5. The molecule has 0 bridgehead atoms. The maximum Gasteiger partial charge on any atom is 0.319 e. The first-order valence-electron chi connectivity index (χ1n) is 6.93. The van der Waals surface area contributed by atoms with Crippen LogP contribution in [0.5, 0.6) is 0 Å². The Bertz CT molecular complexity index is 854. The fourth-order valence-corrected chi connectivity index (χ4v) is 2.79. The molecule has 0 aliphatic heterocycles. The number of halogens is 1. The van der Waals surface area contributed by atoms with Crippen molar-refractivity contribution in [1.29, 1.82) is 0 Å². The number of hydrogen-bond acceptors (Lipinski definition) is 4. The molecule has 0 heterocycles. The molecule has 0 saturated carbocycles. The predicted molar refractivity (Wildman–Crippen MR) is 91.2 cm³/mol. The molecule has 0 aromatic heterocycles. The Balaban J connectivity index is 2.07. The summed E-state index contributed by atoms with van der Waals surface area (Å²) in [6.45, 7) is -0.171. The van der Waals surface area contributed by atoms with Crippen LogP contribution in [-0.4, -0.2) is 33.0 Å². The van der Waals surface area contributed by atoms with Crippen LogP contribution in [-0.2, 0) is 26.2 Å². The van der Waals surface area contributed by atoms with Gasteiger partial charge in [0.05, 0.1) is 13.7 Å². The molecule has 0 unspecified atom stereocenters. The molecule has 0 aliphatic rings. The van der Waals surface area contributed by atoms with Gasteiger partial charge in [-0.25, -0.2) is 0 Å². The van der Waals surface area contributed by atoms with Crippen LogP contribution < -0.4 is 5.32 Å². The molecule has 23 heavy (non-hydrogen) atoms. The monoisotopic (exact) mass is 353 g/mol. The van der Waals surface area contributed by atoms with Gasteiger partial charge in [0, 0.05) is 11.4 Å². The fraction of sp³-hybridized carbons (Fsp3) is 0.250. The number of hydrogen-bond donors (Lipinski definition) is 1. The van der Waals surface area contributed by atoms with Gasteiger partial charge in [-0.15, -0.1) is 0 Å². The van der Waals surface area contributed by atoms with E-state index < -0.39 is 16.3 Å². The third-order valence-corrected chi connectivity index (χ3v) is 4.35. The Morgan fingerprint density at radius 1 is 1.17 bits per heavy atom. The minimum atomic E-state index is -2.40. The summed E-state index contributed by atoms with van der Waals surface area (Å²) < 4.78 is 26.9. The van der Waals surface area contributed by atoms with Gasteiger partial charge in [-0.2, -0.15) is 8.42 Å². The zero-order valence-electron chi connectivity index (χ0n) is 12.5. The lowest BCUT2D eigenvalue weighted by Gasteiger charge is -2.06. The summed E-state index contributed by atoms with van der Waals surface area (Å²) in [5.41, 5.74) is 1.00. The molecule has 1 N–H and O–H groups in total. The Morgan fingerprint density at radius 3 is 2.57 bits per heavy atom. The smallest absolute Gasteiger partial charge is 0.319 e. The molecule has 122 valence electrons. The van der Waals surface area contributed by atoms with Crippen LogP contribution in [0.3, 0.4) is 0 Å². The van der Waals surface area contributed by atoms with Gasteiger partial charge in [0.1, 0.15) is 4.99 Å².